The molecule has 2 rings (SSSR count). The van der Waals surface area contributed by atoms with E-state index in [0.717, 1.165) is 27.0 Å². The molecule has 22 heavy (non-hydrogen) atoms. The maximum Gasteiger partial charge on any atom is 0.319 e. The molecule has 0 aliphatic rings. The first-order chi connectivity index (χ1) is 10.6. The van der Waals surface area contributed by atoms with Crippen LogP contribution in [0.1, 0.15) is 11.1 Å². The van der Waals surface area contributed by atoms with Gasteiger partial charge in [0, 0.05) is 4.47 Å². The van der Waals surface area contributed by atoms with E-state index in [2.05, 4.69) is 26.6 Å². The van der Waals surface area contributed by atoms with Crippen molar-refractivity contribution in [1.82, 2.24) is 5.32 Å². The molecule has 0 aromatic heterocycles. The van der Waals surface area contributed by atoms with Crippen LogP contribution in [0, 0.1) is 13.8 Å². The molecule has 0 aliphatic heterocycles. The fourth-order valence-corrected chi connectivity index (χ4v) is 2.30. The quantitative estimate of drug-likeness (QED) is 0.780. The second-order valence-corrected chi connectivity index (χ2v) is 5.83. The Morgan fingerprint density at radius 1 is 1.18 bits per heavy atom. The monoisotopic (exact) mass is 362 g/mol. The average molecular weight is 363 g/mol. The predicted octanol–water partition coefficient (Wildman–Crippen LogP) is 4.27. The molecule has 116 valence electrons. The molecule has 0 saturated heterocycles. The highest BCUT2D eigenvalue weighted by Gasteiger charge is 2.04. The minimum absolute atomic E-state index is 0.253. The minimum atomic E-state index is -0.253. The number of ether oxygens (including phenoxy) is 1. The Morgan fingerprint density at radius 3 is 2.73 bits per heavy atom. The molecule has 0 heterocycles. The van der Waals surface area contributed by atoms with Gasteiger partial charge in [0.25, 0.3) is 0 Å². The number of carbonyl (C=O) groups is 1. The van der Waals surface area contributed by atoms with Gasteiger partial charge in [-0.05, 0) is 59.1 Å². The summed E-state index contributed by atoms with van der Waals surface area (Å²) >= 11 is 3.38. The first-order valence-electron chi connectivity index (χ1n) is 7.05. The number of carbonyl (C=O) groups excluding carboxylic acids is 1. The van der Waals surface area contributed by atoms with Gasteiger partial charge < -0.3 is 15.4 Å². The molecule has 0 aliphatic carbocycles. The molecule has 0 saturated carbocycles. The summed E-state index contributed by atoms with van der Waals surface area (Å²) in [6.45, 7) is 4.88. The van der Waals surface area contributed by atoms with Crippen LogP contribution in [0.5, 0.6) is 5.75 Å². The molecule has 0 radical (unpaired) electrons. The van der Waals surface area contributed by atoms with E-state index in [4.69, 9.17) is 4.74 Å². The van der Waals surface area contributed by atoms with E-state index in [1.165, 1.54) is 0 Å². The van der Waals surface area contributed by atoms with Crippen molar-refractivity contribution in [2.75, 3.05) is 18.5 Å². The summed E-state index contributed by atoms with van der Waals surface area (Å²) in [6, 6.07) is 13.3. The van der Waals surface area contributed by atoms with E-state index in [-0.39, 0.29) is 6.03 Å². The lowest BCUT2D eigenvalue weighted by molar-refractivity contribution is 0.247. The largest absolute Gasteiger partial charge is 0.491 e. The van der Waals surface area contributed by atoms with Gasteiger partial charge in [0.1, 0.15) is 12.4 Å². The summed E-state index contributed by atoms with van der Waals surface area (Å²) in [7, 11) is 0. The maximum absolute atomic E-state index is 11.8. The smallest absolute Gasteiger partial charge is 0.319 e. The van der Waals surface area contributed by atoms with Crippen LogP contribution in [0.2, 0.25) is 0 Å². The molecule has 0 atom stereocenters. The number of amides is 2. The van der Waals surface area contributed by atoms with Crippen molar-refractivity contribution in [3.8, 4) is 5.75 Å². The predicted molar refractivity (Wildman–Crippen MR) is 92.6 cm³/mol. The van der Waals surface area contributed by atoms with Crippen molar-refractivity contribution < 1.29 is 9.53 Å². The lowest BCUT2D eigenvalue weighted by atomic mass is 10.1. The lowest BCUT2D eigenvalue weighted by Crippen LogP contribution is -2.32. The van der Waals surface area contributed by atoms with E-state index in [0.29, 0.717) is 13.2 Å². The molecule has 2 aromatic carbocycles. The summed E-state index contributed by atoms with van der Waals surface area (Å²) in [5.74, 6) is 0.855. The number of hydrogen-bond donors (Lipinski definition) is 2. The molecule has 5 heteroatoms. The standard InChI is InChI=1S/C17H19BrN2O2/c1-12-7-8-13(2)16(11-12)22-10-9-19-17(21)20-15-6-4-3-5-14(15)18/h3-8,11H,9-10H2,1-2H3,(H2,19,20,21). The zero-order chi connectivity index (χ0) is 15.9. The van der Waals surface area contributed by atoms with Crippen molar-refractivity contribution in [3.63, 3.8) is 0 Å². The van der Waals surface area contributed by atoms with Gasteiger partial charge in [-0.15, -0.1) is 0 Å². The number of benzene rings is 2. The van der Waals surface area contributed by atoms with Crippen LogP contribution in [-0.2, 0) is 0 Å². The van der Waals surface area contributed by atoms with Crippen molar-refractivity contribution in [3.05, 3.63) is 58.1 Å². The Morgan fingerprint density at radius 2 is 1.95 bits per heavy atom. The fraction of sp³-hybridized carbons (Fsp3) is 0.235. The van der Waals surface area contributed by atoms with Gasteiger partial charge in [0.2, 0.25) is 0 Å². The number of aryl methyl sites for hydroxylation is 2. The van der Waals surface area contributed by atoms with E-state index >= 15 is 0 Å². The van der Waals surface area contributed by atoms with Gasteiger partial charge >= 0.3 is 6.03 Å². The summed E-state index contributed by atoms with van der Waals surface area (Å²) in [4.78, 5) is 11.8. The first kappa shape index (κ1) is 16.4. The molecule has 2 amide bonds. The normalized spacial score (nSPS) is 10.1. The third-order valence-corrected chi connectivity index (χ3v) is 3.80. The second kappa shape index (κ2) is 7.84. The third-order valence-electron chi connectivity index (χ3n) is 3.11. The fourth-order valence-electron chi connectivity index (χ4n) is 1.92. The topological polar surface area (TPSA) is 50.4 Å². The molecule has 2 aromatic rings. The lowest BCUT2D eigenvalue weighted by Gasteiger charge is -2.11. The van der Waals surface area contributed by atoms with Crippen LogP contribution in [0.3, 0.4) is 0 Å². The Bertz CT molecular complexity index is 659. The summed E-state index contributed by atoms with van der Waals surface area (Å²) in [5.41, 5.74) is 2.97. The minimum Gasteiger partial charge on any atom is -0.491 e. The number of para-hydroxylation sites is 1. The number of urea groups is 1. The molecule has 0 spiro atoms. The van der Waals surface area contributed by atoms with Crippen LogP contribution in [-0.4, -0.2) is 19.2 Å². The van der Waals surface area contributed by atoms with Crippen molar-refractivity contribution >= 4 is 27.6 Å². The van der Waals surface area contributed by atoms with Gasteiger partial charge in [-0.25, -0.2) is 4.79 Å². The van der Waals surface area contributed by atoms with E-state index in [1.54, 1.807) is 0 Å². The van der Waals surface area contributed by atoms with Crippen molar-refractivity contribution in [2.24, 2.45) is 0 Å². The zero-order valence-corrected chi connectivity index (χ0v) is 14.2. The molecule has 0 bridgehead atoms. The number of nitrogens with one attached hydrogen (secondary N) is 2. The zero-order valence-electron chi connectivity index (χ0n) is 12.7. The molecule has 0 fully saturated rings. The van der Waals surface area contributed by atoms with E-state index in [9.17, 15) is 4.79 Å². The molecular formula is C17H19BrN2O2. The van der Waals surface area contributed by atoms with Gasteiger partial charge in [-0.1, -0.05) is 24.3 Å². The highest BCUT2D eigenvalue weighted by atomic mass is 79.9. The van der Waals surface area contributed by atoms with E-state index in [1.807, 2.05) is 56.3 Å². The Kier molecular flexibility index (Phi) is 5.83. The summed E-state index contributed by atoms with van der Waals surface area (Å²) in [5, 5.41) is 5.54. The average Bonchev–Trinajstić information content (AvgIpc) is 2.49. The van der Waals surface area contributed by atoms with Gasteiger partial charge in [-0.3, -0.25) is 0 Å². The summed E-state index contributed by atoms with van der Waals surface area (Å²) in [6.07, 6.45) is 0. The van der Waals surface area contributed by atoms with Crippen molar-refractivity contribution in [1.29, 1.82) is 0 Å². The molecule has 2 N–H and O–H groups in total. The van der Waals surface area contributed by atoms with Crippen molar-refractivity contribution in [2.45, 2.75) is 13.8 Å². The highest BCUT2D eigenvalue weighted by molar-refractivity contribution is 9.10. The SMILES string of the molecule is Cc1ccc(C)c(OCCNC(=O)Nc2ccccc2Br)c1. The number of hydrogen-bond acceptors (Lipinski definition) is 2. The maximum atomic E-state index is 11.8. The molecule has 0 unspecified atom stereocenters. The highest BCUT2D eigenvalue weighted by Crippen LogP contribution is 2.21. The van der Waals surface area contributed by atoms with Crippen LogP contribution in [0.4, 0.5) is 10.5 Å². The Labute approximate surface area is 139 Å². The molecule has 4 nitrogen and oxygen atoms in total. The van der Waals surface area contributed by atoms with Gasteiger partial charge in [-0.2, -0.15) is 0 Å². The second-order valence-electron chi connectivity index (χ2n) is 4.98. The van der Waals surface area contributed by atoms with Crippen LogP contribution in [0.25, 0.3) is 0 Å². The Hall–Kier alpha value is -2.01. The van der Waals surface area contributed by atoms with Gasteiger partial charge in [0.05, 0.1) is 12.2 Å². The summed E-state index contributed by atoms with van der Waals surface area (Å²) < 4.78 is 6.53. The Balaban J connectivity index is 1.76. The van der Waals surface area contributed by atoms with Gasteiger partial charge in [0.15, 0.2) is 0 Å². The number of halogens is 1. The van der Waals surface area contributed by atoms with Crippen LogP contribution >= 0.6 is 15.9 Å². The van der Waals surface area contributed by atoms with E-state index < -0.39 is 0 Å². The third kappa shape index (κ3) is 4.77. The first-order valence-corrected chi connectivity index (χ1v) is 7.85. The number of anilines is 1. The number of rotatable bonds is 5. The van der Waals surface area contributed by atoms with Crippen LogP contribution < -0.4 is 15.4 Å². The molecular weight excluding hydrogens is 344 g/mol. The van der Waals surface area contributed by atoms with Crippen LogP contribution in [0.15, 0.2) is 46.9 Å².